The third-order valence-corrected chi connectivity index (χ3v) is 5.81. The minimum Gasteiger partial charge on any atom is -0.494 e. The molecule has 0 aliphatic carbocycles. The number of benzene rings is 1. The quantitative estimate of drug-likeness (QED) is 0.868. The van der Waals surface area contributed by atoms with Crippen LogP contribution in [0.5, 0.6) is 5.75 Å². The van der Waals surface area contributed by atoms with Gasteiger partial charge in [0.2, 0.25) is 10.0 Å². The Morgan fingerprint density at radius 1 is 1.50 bits per heavy atom. The molecule has 0 radical (unpaired) electrons. The summed E-state index contributed by atoms with van der Waals surface area (Å²) in [5.41, 5.74) is 0. The molecule has 1 aliphatic heterocycles. The maximum atomic E-state index is 12.8. The molecule has 2 rings (SSSR count). The Balaban J connectivity index is 2.48. The normalized spacial score (nSPS) is 20.9. The van der Waals surface area contributed by atoms with E-state index in [4.69, 9.17) is 16.3 Å². The van der Waals surface area contributed by atoms with E-state index in [0.717, 1.165) is 0 Å². The fourth-order valence-corrected chi connectivity index (χ4v) is 5.08. The Morgan fingerprint density at radius 3 is 2.80 bits per heavy atom. The van der Waals surface area contributed by atoms with Crippen LogP contribution in [0, 0.1) is 0 Å². The zero-order valence-electron chi connectivity index (χ0n) is 11.2. The van der Waals surface area contributed by atoms with Crippen molar-refractivity contribution in [3.63, 3.8) is 0 Å². The molecule has 1 saturated heterocycles. The van der Waals surface area contributed by atoms with Crippen molar-refractivity contribution in [2.45, 2.75) is 17.9 Å². The summed E-state index contributed by atoms with van der Waals surface area (Å²) in [5.74, 6) is 0.278. The maximum absolute atomic E-state index is 12.8. The van der Waals surface area contributed by atoms with Crippen molar-refractivity contribution in [3.05, 3.63) is 21.6 Å². The molecule has 8 heteroatoms. The zero-order valence-corrected chi connectivity index (χ0v) is 14.3. The monoisotopic (exact) mass is 382 g/mol. The van der Waals surface area contributed by atoms with Crippen molar-refractivity contribution in [3.8, 4) is 5.75 Å². The average molecular weight is 384 g/mol. The first kappa shape index (κ1) is 16.0. The first-order chi connectivity index (χ1) is 9.36. The maximum Gasteiger partial charge on any atom is 0.246 e. The Labute approximate surface area is 132 Å². The van der Waals surface area contributed by atoms with Crippen LogP contribution in [-0.4, -0.2) is 45.5 Å². The predicted molar refractivity (Wildman–Crippen MR) is 81.9 cm³/mol. The fourth-order valence-electron chi connectivity index (χ4n) is 2.18. The summed E-state index contributed by atoms with van der Waals surface area (Å²) in [6.07, 6.45) is 0. The Morgan fingerprint density at radius 2 is 2.20 bits per heavy atom. The van der Waals surface area contributed by atoms with Crippen molar-refractivity contribution in [1.82, 2.24) is 9.62 Å². The summed E-state index contributed by atoms with van der Waals surface area (Å²) in [7, 11) is -2.19. The smallest absolute Gasteiger partial charge is 0.246 e. The van der Waals surface area contributed by atoms with E-state index in [1.165, 1.54) is 17.5 Å². The topological polar surface area (TPSA) is 58.6 Å². The molecule has 1 aromatic rings. The van der Waals surface area contributed by atoms with Gasteiger partial charge < -0.3 is 10.1 Å². The van der Waals surface area contributed by atoms with Gasteiger partial charge in [0.1, 0.15) is 4.90 Å². The molecule has 1 fully saturated rings. The van der Waals surface area contributed by atoms with E-state index in [9.17, 15) is 8.42 Å². The lowest BCUT2D eigenvalue weighted by Gasteiger charge is -2.31. The number of hydrogen-bond donors (Lipinski definition) is 1. The van der Waals surface area contributed by atoms with Gasteiger partial charge in [-0.15, -0.1) is 0 Å². The Bertz CT molecular complexity index is 609. The van der Waals surface area contributed by atoms with Crippen LogP contribution in [0.3, 0.4) is 0 Å². The van der Waals surface area contributed by atoms with Crippen molar-refractivity contribution in [2.24, 2.45) is 0 Å². The molecule has 0 spiro atoms. The zero-order chi connectivity index (χ0) is 14.9. The van der Waals surface area contributed by atoms with Crippen LogP contribution in [0.4, 0.5) is 0 Å². The molecule has 0 bridgehead atoms. The molecular formula is C12H16BrClN2O3S. The lowest BCUT2D eigenvalue weighted by atomic mass is 10.3. The lowest BCUT2D eigenvalue weighted by Crippen LogP contribution is -2.51. The van der Waals surface area contributed by atoms with Crippen molar-refractivity contribution >= 4 is 37.6 Å². The van der Waals surface area contributed by atoms with Gasteiger partial charge in [-0.25, -0.2) is 8.42 Å². The summed E-state index contributed by atoms with van der Waals surface area (Å²) in [5, 5.41) is 3.56. The fraction of sp³-hybridized carbons (Fsp3) is 0.500. The molecule has 1 unspecified atom stereocenters. The van der Waals surface area contributed by atoms with Gasteiger partial charge in [0.25, 0.3) is 0 Å². The summed E-state index contributed by atoms with van der Waals surface area (Å²) < 4.78 is 32.7. The van der Waals surface area contributed by atoms with E-state index in [1.807, 2.05) is 6.92 Å². The minimum absolute atomic E-state index is 0.0912. The first-order valence-electron chi connectivity index (χ1n) is 6.13. The van der Waals surface area contributed by atoms with Crippen LogP contribution in [-0.2, 0) is 10.0 Å². The van der Waals surface area contributed by atoms with Gasteiger partial charge in [-0.2, -0.15) is 4.31 Å². The summed E-state index contributed by atoms with van der Waals surface area (Å²) >= 11 is 9.25. The van der Waals surface area contributed by atoms with Crippen molar-refractivity contribution in [1.29, 1.82) is 0 Å². The molecule has 0 saturated carbocycles. The number of nitrogens with one attached hydrogen (secondary N) is 1. The molecule has 0 aromatic heterocycles. The third kappa shape index (κ3) is 3.12. The number of sulfonamides is 1. The first-order valence-corrected chi connectivity index (χ1v) is 8.74. The van der Waals surface area contributed by atoms with E-state index in [-0.39, 0.29) is 16.7 Å². The minimum atomic E-state index is -3.63. The number of nitrogens with zero attached hydrogens (tertiary/aromatic N) is 1. The van der Waals surface area contributed by atoms with Crippen molar-refractivity contribution < 1.29 is 13.2 Å². The molecule has 5 nitrogen and oxygen atoms in total. The van der Waals surface area contributed by atoms with E-state index >= 15 is 0 Å². The molecule has 1 heterocycles. The van der Waals surface area contributed by atoms with Crippen molar-refractivity contribution in [2.75, 3.05) is 26.7 Å². The summed E-state index contributed by atoms with van der Waals surface area (Å²) in [6, 6.07) is 3.15. The lowest BCUT2D eigenvalue weighted by molar-refractivity contribution is 0.308. The molecule has 1 aliphatic rings. The number of halogens is 2. The third-order valence-electron chi connectivity index (χ3n) is 3.13. The number of methoxy groups -OCH3 is 1. The SMILES string of the molecule is COc1c(Br)cc(Cl)cc1S(=O)(=O)N1CCNC(C)C1. The highest BCUT2D eigenvalue weighted by Crippen LogP contribution is 2.36. The largest absolute Gasteiger partial charge is 0.494 e. The van der Waals surface area contributed by atoms with Gasteiger partial charge in [0.05, 0.1) is 11.6 Å². The van der Waals surface area contributed by atoms with Gasteiger partial charge >= 0.3 is 0 Å². The number of rotatable bonds is 3. The van der Waals surface area contributed by atoms with E-state index < -0.39 is 10.0 Å². The highest BCUT2D eigenvalue weighted by molar-refractivity contribution is 9.10. The van der Waals surface area contributed by atoms with Crippen LogP contribution < -0.4 is 10.1 Å². The molecule has 1 atom stereocenters. The highest BCUT2D eigenvalue weighted by Gasteiger charge is 2.32. The summed E-state index contributed by atoms with van der Waals surface area (Å²) in [4.78, 5) is 0.0912. The number of ether oxygens (including phenoxy) is 1. The second kappa shape index (κ2) is 6.19. The molecular weight excluding hydrogens is 368 g/mol. The number of hydrogen-bond acceptors (Lipinski definition) is 4. The average Bonchev–Trinajstić information content (AvgIpc) is 2.38. The highest BCUT2D eigenvalue weighted by atomic mass is 79.9. The molecule has 0 amide bonds. The van der Waals surface area contributed by atoms with E-state index in [2.05, 4.69) is 21.2 Å². The Hall–Kier alpha value is -0.340. The number of piperazine rings is 1. The summed E-state index contributed by atoms with van der Waals surface area (Å²) in [6.45, 7) is 3.44. The second-order valence-corrected chi connectivity index (χ2v) is 7.83. The van der Waals surface area contributed by atoms with Crippen LogP contribution in [0.25, 0.3) is 0 Å². The van der Waals surface area contributed by atoms with E-state index in [1.54, 1.807) is 6.07 Å². The van der Waals surface area contributed by atoms with Gasteiger partial charge in [-0.05, 0) is 35.0 Å². The van der Waals surface area contributed by atoms with Crippen LogP contribution >= 0.6 is 27.5 Å². The van der Waals surface area contributed by atoms with Gasteiger partial charge in [-0.3, -0.25) is 0 Å². The molecule has 1 N–H and O–H groups in total. The molecule has 1 aromatic carbocycles. The predicted octanol–water partition coefficient (Wildman–Crippen LogP) is 2.09. The standard InChI is InChI=1S/C12H16BrClN2O3S/c1-8-7-16(4-3-15-8)20(17,18)11-6-9(14)5-10(13)12(11)19-2/h5-6,8,15H,3-4,7H2,1-2H3. The molecule has 112 valence electrons. The van der Waals surface area contributed by atoms with Crippen LogP contribution in [0.2, 0.25) is 5.02 Å². The molecule has 20 heavy (non-hydrogen) atoms. The second-order valence-electron chi connectivity index (χ2n) is 4.64. The van der Waals surface area contributed by atoms with Crippen LogP contribution in [0.15, 0.2) is 21.5 Å². The van der Waals surface area contributed by atoms with Crippen LogP contribution in [0.1, 0.15) is 6.92 Å². The van der Waals surface area contributed by atoms with Gasteiger partial charge in [-0.1, -0.05) is 11.6 Å². The Kier molecular flexibility index (Phi) is 4.96. The van der Waals surface area contributed by atoms with Gasteiger partial charge in [0, 0.05) is 30.7 Å². The van der Waals surface area contributed by atoms with Gasteiger partial charge in [0.15, 0.2) is 5.75 Å². The van der Waals surface area contributed by atoms with E-state index in [0.29, 0.717) is 29.1 Å².